The summed E-state index contributed by atoms with van der Waals surface area (Å²) < 4.78 is 54.0. The van der Waals surface area contributed by atoms with E-state index in [0.717, 1.165) is 51.4 Å². The molecule has 3 fully saturated rings. The summed E-state index contributed by atoms with van der Waals surface area (Å²) in [7, 11) is -7.08. The summed E-state index contributed by atoms with van der Waals surface area (Å²) in [6, 6.07) is 9.70. The van der Waals surface area contributed by atoms with E-state index in [1.54, 1.807) is 50.2 Å². The van der Waals surface area contributed by atoms with Crippen LogP contribution in [0.2, 0.25) is 10.0 Å². The van der Waals surface area contributed by atoms with Crippen LogP contribution in [0.1, 0.15) is 62.5 Å². The molecule has 14 heteroatoms. The number of hydrogen-bond acceptors (Lipinski definition) is 6. The van der Waals surface area contributed by atoms with Crippen LogP contribution in [0.4, 0.5) is 0 Å². The number of nitrogens with one attached hydrogen (secondary N) is 1. The Bertz CT molecular complexity index is 1520. The molecule has 44 heavy (non-hydrogen) atoms. The molecule has 0 aromatic heterocycles. The number of halogens is 3. The van der Waals surface area contributed by atoms with Crippen LogP contribution in [0.3, 0.4) is 0 Å². The molecule has 2 aromatic carbocycles. The Kier molecular flexibility index (Phi) is 13.4. The van der Waals surface area contributed by atoms with Gasteiger partial charge < -0.3 is 11.1 Å². The Hall–Kier alpha value is -1.44. The number of piperidine rings is 2. The van der Waals surface area contributed by atoms with Crippen molar-refractivity contribution in [2.75, 3.05) is 26.2 Å². The molecule has 0 unspecified atom stereocenters. The van der Waals surface area contributed by atoms with E-state index in [1.807, 2.05) is 0 Å². The van der Waals surface area contributed by atoms with Crippen LogP contribution in [-0.2, 0) is 24.8 Å². The van der Waals surface area contributed by atoms with Gasteiger partial charge in [-0.1, -0.05) is 48.2 Å². The lowest BCUT2D eigenvalue weighted by Gasteiger charge is -2.33. The van der Waals surface area contributed by atoms with E-state index >= 15 is 0 Å². The molecule has 3 aliphatic rings. The summed E-state index contributed by atoms with van der Waals surface area (Å²) in [5.41, 5.74) is 7.00. The van der Waals surface area contributed by atoms with Gasteiger partial charge in [-0.2, -0.15) is 8.61 Å². The number of carbonyl (C=O) groups excluding carboxylic acids is 1. The van der Waals surface area contributed by atoms with Gasteiger partial charge in [0.15, 0.2) is 0 Å². The molecule has 2 heterocycles. The molecule has 2 aromatic rings. The number of benzene rings is 2. The van der Waals surface area contributed by atoms with Crippen molar-refractivity contribution in [1.29, 1.82) is 0 Å². The smallest absolute Gasteiger partial charge is 0.243 e. The van der Waals surface area contributed by atoms with Crippen LogP contribution >= 0.6 is 35.6 Å². The van der Waals surface area contributed by atoms with E-state index in [4.69, 9.17) is 28.9 Å². The predicted molar refractivity (Wildman–Crippen MR) is 177 cm³/mol. The summed E-state index contributed by atoms with van der Waals surface area (Å²) in [6.07, 6.45) is 7.35. The van der Waals surface area contributed by atoms with Crippen molar-refractivity contribution < 1.29 is 21.6 Å². The number of nitrogens with zero attached hydrogens (tertiary/aromatic N) is 2. The fraction of sp³-hybridized carbons (Fsp3) is 0.567. The molecule has 0 radical (unpaired) electrons. The summed E-state index contributed by atoms with van der Waals surface area (Å²) in [5.74, 6) is 0.183. The highest BCUT2D eigenvalue weighted by Crippen LogP contribution is 2.29. The standard InChI is InChI=1S/C18H25ClN2O3S.C12H17ClN2O2S.ClH/c1-13-16(19)9-4-10-17(13)25(23,24)21-11-5-8-15(12-21)20-18(22)14-6-2-3-7-14;1-9-11(13)5-2-6-12(9)18(16,17)15-7-3-4-10(14)8-15;/h4,9-10,14-15H,2-3,5-8,11-12H2,1H3,(H,20,22);2,5-6,10H,3-4,7-8,14H2,1H3;1H/t15-;10-;/m00./s1. The lowest BCUT2D eigenvalue weighted by Crippen LogP contribution is -2.50. The highest BCUT2D eigenvalue weighted by molar-refractivity contribution is 7.89. The largest absolute Gasteiger partial charge is 0.352 e. The Morgan fingerprint density at radius 3 is 1.75 bits per heavy atom. The zero-order valence-corrected chi connectivity index (χ0v) is 29.1. The first-order valence-corrected chi connectivity index (χ1v) is 18.5. The van der Waals surface area contributed by atoms with Gasteiger partial charge in [0.05, 0.1) is 9.79 Å². The van der Waals surface area contributed by atoms with Gasteiger partial charge >= 0.3 is 0 Å². The lowest BCUT2D eigenvalue weighted by molar-refractivity contribution is -0.125. The molecule has 2 saturated heterocycles. The van der Waals surface area contributed by atoms with Gasteiger partial charge in [0.1, 0.15) is 0 Å². The monoisotopic (exact) mass is 708 g/mol. The Labute approximate surface area is 278 Å². The van der Waals surface area contributed by atoms with Gasteiger partial charge in [0.2, 0.25) is 26.0 Å². The van der Waals surface area contributed by atoms with Crippen molar-refractivity contribution in [3.8, 4) is 0 Å². The van der Waals surface area contributed by atoms with Crippen LogP contribution in [0.5, 0.6) is 0 Å². The molecular formula is C30H43Cl3N4O5S2. The van der Waals surface area contributed by atoms with Crippen LogP contribution in [0.15, 0.2) is 46.2 Å². The van der Waals surface area contributed by atoms with Crippen molar-refractivity contribution in [3.63, 3.8) is 0 Å². The predicted octanol–water partition coefficient (Wildman–Crippen LogP) is 5.29. The van der Waals surface area contributed by atoms with Gasteiger partial charge in [-0.25, -0.2) is 16.8 Å². The van der Waals surface area contributed by atoms with Crippen molar-refractivity contribution in [2.45, 2.75) is 87.1 Å². The van der Waals surface area contributed by atoms with Gasteiger partial charge in [-0.15, -0.1) is 12.4 Å². The first kappa shape index (κ1) is 37.0. The molecule has 3 N–H and O–H groups in total. The minimum Gasteiger partial charge on any atom is -0.352 e. The van der Waals surface area contributed by atoms with E-state index in [1.165, 1.54) is 8.61 Å². The van der Waals surface area contributed by atoms with Gasteiger partial charge in [-0.3, -0.25) is 4.79 Å². The number of amides is 1. The van der Waals surface area contributed by atoms with Gasteiger partial charge in [0, 0.05) is 54.2 Å². The molecule has 5 rings (SSSR count). The summed E-state index contributed by atoms with van der Waals surface area (Å²) >= 11 is 12.1. The quantitative estimate of drug-likeness (QED) is 0.420. The second kappa shape index (κ2) is 15.9. The molecule has 246 valence electrons. The Morgan fingerprint density at radius 1 is 0.773 bits per heavy atom. The molecule has 1 aliphatic carbocycles. The number of rotatable bonds is 6. The highest BCUT2D eigenvalue weighted by Gasteiger charge is 2.34. The number of carbonyl (C=O) groups is 1. The van der Waals surface area contributed by atoms with E-state index in [9.17, 15) is 21.6 Å². The summed E-state index contributed by atoms with van der Waals surface area (Å²) in [6.45, 7) is 5.16. The van der Waals surface area contributed by atoms with Gasteiger partial charge in [-0.05, 0) is 87.8 Å². The van der Waals surface area contributed by atoms with Crippen molar-refractivity contribution in [3.05, 3.63) is 57.6 Å². The zero-order valence-electron chi connectivity index (χ0n) is 25.2. The summed E-state index contributed by atoms with van der Waals surface area (Å²) in [4.78, 5) is 12.9. The number of sulfonamides is 2. The fourth-order valence-electron chi connectivity index (χ4n) is 5.99. The molecular weight excluding hydrogens is 667 g/mol. The molecule has 1 amide bonds. The highest BCUT2D eigenvalue weighted by atomic mass is 35.5. The van der Waals surface area contributed by atoms with Crippen LogP contribution < -0.4 is 11.1 Å². The molecule has 9 nitrogen and oxygen atoms in total. The fourth-order valence-corrected chi connectivity index (χ4v) is 10.0. The maximum Gasteiger partial charge on any atom is 0.243 e. The zero-order chi connectivity index (χ0) is 31.4. The van der Waals surface area contributed by atoms with Crippen molar-refractivity contribution >= 4 is 61.6 Å². The van der Waals surface area contributed by atoms with E-state index in [-0.39, 0.29) is 46.1 Å². The Balaban J connectivity index is 0.000000247. The van der Waals surface area contributed by atoms with Crippen LogP contribution in [-0.4, -0.2) is 69.6 Å². The van der Waals surface area contributed by atoms with Crippen LogP contribution in [0.25, 0.3) is 0 Å². The average Bonchev–Trinajstić information content (AvgIpc) is 3.52. The van der Waals surface area contributed by atoms with Crippen LogP contribution in [0, 0.1) is 19.8 Å². The first-order valence-electron chi connectivity index (χ1n) is 14.9. The second-order valence-electron chi connectivity index (χ2n) is 11.7. The molecule has 2 atom stereocenters. The maximum absolute atomic E-state index is 13.0. The minimum atomic E-state index is -3.61. The second-order valence-corrected chi connectivity index (χ2v) is 16.3. The van der Waals surface area contributed by atoms with E-state index in [0.29, 0.717) is 47.4 Å². The SMILES string of the molecule is Cc1c(Cl)cccc1S(=O)(=O)N1CCC[C@H](N)C1.Cc1c(Cl)cccc1S(=O)(=O)N1CCC[C@H](NC(=O)C2CCCC2)C1.Cl. The number of hydrogen-bond donors (Lipinski definition) is 2. The minimum absolute atomic E-state index is 0. The van der Waals surface area contributed by atoms with Crippen molar-refractivity contribution in [1.82, 2.24) is 13.9 Å². The Morgan fingerprint density at radius 2 is 1.25 bits per heavy atom. The molecule has 2 aliphatic heterocycles. The van der Waals surface area contributed by atoms with E-state index < -0.39 is 20.0 Å². The van der Waals surface area contributed by atoms with Crippen molar-refractivity contribution in [2.24, 2.45) is 11.7 Å². The molecule has 1 saturated carbocycles. The third-order valence-corrected chi connectivity index (χ3v) is 13.4. The molecule has 0 bridgehead atoms. The summed E-state index contributed by atoms with van der Waals surface area (Å²) in [5, 5.41) is 3.99. The maximum atomic E-state index is 13.0. The molecule has 0 spiro atoms. The lowest BCUT2D eigenvalue weighted by atomic mass is 10.0. The number of nitrogens with two attached hydrogens (primary N) is 1. The third kappa shape index (κ3) is 8.67. The average molecular weight is 710 g/mol. The van der Waals surface area contributed by atoms with Gasteiger partial charge in [0.25, 0.3) is 0 Å². The first-order chi connectivity index (χ1) is 20.3. The normalized spacial score (nSPS) is 22.0. The third-order valence-electron chi connectivity index (χ3n) is 8.55. The topological polar surface area (TPSA) is 130 Å². The van der Waals surface area contributed by atoms with E-state index in [2.05, 4.69) is 5.32 Å².